The van der Waals surface area contributed by atoms with Crippen LogP contribution in [0.3, 0.4) is 0 Å². The minimum atomic E-state index is -0.178. The summed E-state index contributed by atoms with van der Waals surface area (Å²) in [6.45, 7) is 2.23. The summed E-state index contributed by atoms with van der Waals surface area (Å²) in [6, 6.07) is -0.0278. The molecule has 0 bridgehead atoms. The van der Waals surface area contributed by atoms with Gasteiger partial charge in [0.15, 0.2) is 5.82 Å². The van der Waals surface area contributed by atoms with E-state index in [1.807, 2.05) is 4.90 Å². The molecule has 3 N–H and O–H groups in total. The van der Waals surface area contributed by atoms with Crippen molar-refractivity contribution < 1.29 is 4.79 Å². The van der Waals surface area contributed by atoms with Crippen LogP contribution in [0, 0.1) is 11.3 Å². The molecular formula is C17H25N5O2. The van der Waals surface area contributed by atoms with Gasteiger partial charge in [0.25, 0.3) is 5.56 Å². The van der Waals surface area contributed by atoms with Gasteiger partial charge < -0.3 is 20.5 Å². The molecule has 0 unspecified atom stereocenters. The molecule has 2 heterocycles. The summed E-state index contributed by atoms with van der Waals surface area (Å²) < 4.78 is 0. The second-order valence-electron chi connectivity index (χ2n) is 7.49. The molecule has 1 atom stereocenters. The Morgan fingerprint density at radius 2 is 2.21 bits per heavy atom. The Morgan fingerprint density at radius 3 is 2.92 bits per heavy atom. The minimum Gasteiger partial charge on any atom is -0.350 e. The van der Waals surface area contributed by atoms with Crippen LogP contribution in [0.5, 0.6) is 0 Å². The Kier molecular flexibility index (Phi) is 3.94. The first-order valence-electron chi connectivity index (χ1n) is 8.99. The minimum absolute atomic E-state index is 0.0521. The maximum Gasteiger partial charge on any atom is 0.315 e. The number of rotatable bonds is 5. The quantitative estimate of drug-likeness (QED) is 0.757. The maximum atomic E-state index is 12.2. The molecule has 2 aliphatic carbocycles. The molecule has 1 aromatic heterocycles. The lowest BCUT2D eigenvalue weighted by molar-refractivity contribution is 0.231. The van der Waals surface area contributed by atoms with E-state index in [0.717, 1.165) is 31.8 Å². The molecule has 3 aliphatic rings. The van der Waals surface area contributed by atoms with Gasteiger partial charge in [-0.15, -0.1) is 0 Å². The van der Waals surface area contributed by atoms with E-state index < -0.39 is 0 Å². The Hall–Kier alpha value is -2.05. The first kappa shape index (κ1) is 15.5. The van der Waals surface area contributed by atoms with Gasteiger partial charge >= 0.3 is 6.03 Å². The molecule has 1 aromatic rings. The van der Waals surface area contributed by atoms with Crippen molar-refractivity contribution in [3.05, 3.63) is 22.7 Å². The Balaban J connectivity index is 1.29. The summed E-state index contributed by atoms with van der Waals surface area (Å²) in [5.41, 5.74) is 0.236. The van der Waals surface area contributed by atoms with Crippen molar-refractivity contribution >= 4 is 11.8 Å². The third kappa shape index (κ3) is 3.25. The van der Waals surface area contributed by atoms with Crippen LogP contribution < -0.4 is 21.1 Å². The standard InChI is InChI=1S/C17H25N5O2/c23-15-14(18-7-8-19-15)22-9-1-2-13(10-22)21-16(24)20-11-17(5-6-17)12-3-4-12/h7-8,12-13H,1-6,9-11H2,(H,19,23)(H2,20,21,24)/t13-/m0/s1. The fourth-order valence-corrected chi connectivity index (χ4v) is 3.93. The van der Waals surface area contributed by atoms with Crippen LogP contribution in [0.15, 0.2) is 17.2 Å². The van der Waals surface area contributed by atoms with E-state index in [1.165, 1.54) is 31.9 Å². The predicted molar refractivity (Wildman–Crippen MR) is 91.0 cm³/mol. The largest absolute Gasteiger partial charge is 0.350 e. The molecule has 24 heavy (non-hydrogen) atoms. The van der Waals surface area contributed by atoms with E-state index in [0.29, 0.717) is 17.8 Å². The van der Waals surface area contributed by atoms with Crippen molar-refractivity contribution in [1.82, 2.24) is 20.6 Å². The summed E-state index contributed by atoms with van der Waals surface area (Å²) in [7, 11) is 0. The average molecular weight is 331 g/mol. The highest BCUT2D eigenvalue weighted by Crippen LogP contribution is 2.60. The average Bonchev–Trinajstić information content (AvgIpc) is 3.47. The topological polar surface area (TPSA) is 90.1 Å². The number of hydrogen-bond acceptors (Lipinski definition) is 4. The van der Waals surface area contributed by atoms with Gasteiger partial charge in [-0.1, -0.05) is 0 Å². The molecule has 2 saturated carbocycles. The molecule has 0 radical (unpaired) electrons. The molecule has 7 heteroatoms. The van der Waals surface area contributed by atoms with Gasteiger partial charge in [-0.25, -0.2) is 9.78 Å². The molecule has 3 fully saturated rings. The van der Waals surface area contributed by atoms with Gasteiger partial charge in [0.1, 0.15) is 0 Å². The normalized spacial score (nSPS) is 25.2. The van der Waals surface area contributed by atoms with Gasteiger partial charge in [-0.3, -0.25) is 4.79 Å². The van der Waals surface area contributed by atoms with E-state index in [-0.39, 0.29) is 17.6 Å². The van der Waals surface area contributed by atoms with Crippen molar-refractivity contribution in [2.45, 2.75) is 44.6 Å². The highest BCUT2D eigenvalue weighted by atomic mass is 16.2. The van der Waals surface area contributed by atoms with Gasteiger partial charge in [-0.05, 0) is 49.9 Å². The molecular weight excluding hydrogens is 306 g/mol. The summed E-state index contributed by atoms with van der Waals surface area (Å²) in [5.74, 6) is 1.29. The second-order valence-corrected chi connectivity index (χ2v) is 7.49. The number of H-pyrrole nitrogens is 1. The molecule has 0 aromatic carbocycles. The van der Waals surface area contributed by atoms with Crippen molar-refractivity contribution in [2.24, 2.45) is 11.3 Å². The van der Waals surface area contributed by atoms with Crippen LogP contribution in [-0.2, 0) is 0 Å². The lowest BCUT2D eigenvalue weighted by Gasteiger charge is -2.33. The number of carbonyl (C=O) groups excluding carboxylic acids is 1. The molecule has 130 valence electrons. The van der Waals surface area contributed by atoms with Crippen LogP contribution in [-0.4, -0.2) is 41.7 Å². The number of piperidine rings is 1. The first-order chi connectivity index (χ1) is 11.7. The van der Waals surface area contributed by atoms with Crippen LogP contribution in [0.2, 0.25) is 0 Å². The molecule has 2 amide bonds. The SMILES string of the molecule is O=C(NCC1(C2CC2)CC1)N[C@H]1CCCN(c2ncc[nH]c2=O)C1. The first-order valence-corrected chi connectivity index (χ1v) is 8.99. The number of aromatic amines is 1. The van der Waals surface area contributed by atoms with Crippen LogP contribution in [0.1, 0.15) is 38.5 Å². The number of amides is 2. The highest BCUT2D eigenvalue weighted by Gasteiger charge is 2.53. The van der Waals surface area contributed by atoms with Gasteiger partial charge in [-0.2, -0.15) is 0 Å². The zero-order chi connectivity index (χ0) is 16.6. The van der Waals surface area contributed by atoms with Crippen molar-refractivity contribution in [1.29, 1.82) is 0 Å². The molecule has 4 rings (SSSR count). The van der Waals surface area contributed by atoms with Crippen molar-refractivity contribution in [3.8, 4) is 0 Å². The number of nitrogens with zero attached hydrogens (tertiary/aromatic N) is 2. The monoisotopic (exact) mass is 331 g/mol. The summed E-state index contributed by atoms with van der Waals surface area (Å²) in [6.07, 6.45) is 10.2. The number of hydrogen-bond donors (Lipinski definition) is 3. The second kappa shape index (κ2) is 6.11. The van der Waals surface area contributed by atoms with Crippen molar-refractivity contribution in [3.63, 3.8) is 0 Å². The van der Waals surface area contributed by atoms with E-state index in [4.69, 9.17) is 0 Å². The molecule has 1 saturated heterocycles. The predicted octanol–water partition coefficient (Wildman–Crippen LogP) is 1.23. The lowest BCUT2D eigenvalue weighted by atomic mass is 10.0. The van der Waals surface area contributed by atoms with E-state index in [1.54, 1.807) is 6.20 Å². The van der Waals surface area contributed by atoms with E-state index >= 15 is 0 Å². The summed E-state index contributed by atoms with van der Waals surface area (Å²) >= 11 is 0. The van der Waals surface area contributed by atoms with Crippen LogP contribution >= 0.6 is 0 Å². The lowest BCUT2D eigenvalue weighted by Crippen LogP contribution is -2.52. The van der Waals surface area contributed by atoms with Crippen molar-refractivity contribution in [2.75, 3.05) is 24.5 Å². The zero-order valence-electron chi connectivity index (χ0n) is 13.9. The van der Waals surface area contributed by atoms with Crippen LogP contribution in [0.25, 0.3) is 0 Å². The number of nitrogens with one attached hydrogen (secondary N) is 3. The van der Waals surface area contributed by atoms with E-state index in [9.17, 15) is 9.59 Å². The maximum absolute atomic E-state index is 12.2. The van der Waals surface area contributed by atoms with Gasteiger partial charge in [0, 0.05) is 38.1 Å². The smallest absolute Gasteiger partial charge is 0.315 e. The third-order valence-electron chi connectivity index (χ3n) is 5.68. The number of urea groups is 1. The molecule has 1 aliphatic heterocycles. The van der Waals surface area contributed by atoms with E-state index in [2.05, 4.69) is 20.6 Å². The Bertz CT molecular complexity index is 665. The highest BCUT2D eigenvalue weighted by molar-refractivity contribution is 5.74. The molecule has 0 spiro atoms. The Labute approximate surface area is 141 Å². The number of anilines is 1. The number of carbonyl (C=O) groups is 1. The summed E-state index contributed by atoms with van der Waals surface area (Å²) in [5, 5.41) is 6.13. The number of aromatic nitrogens is 2. The van der Waals surface area contributed by atoms with Crippen LogP contribution in [0.4, 0.5) is 10.6 Å². The third-order valence-corrected chi connectivity index (χ3v) is 5.68. The fourth-order valence-electron chi connectivity index (χ4n) is 3.93. The van der Waals surface area contributed by atoms with Gasteiger partial charge in [0.2, 0.25) is 0 Å². The zero-order valence-corrected chi connectivity index (χ0v) is 13.9. The molecule has 7 nitrogen and oxygen atoms in total. The fraction of sp³-hybridized carbons (Fsp3) is 0.706. The van der Waals surface area contributed by atoms with Gasteiger partial charge in [0.05, 0.1) is 0 Å². The Morgan fingerprint density at radius 1 is 1.38 bits per heavy atom. The summed E-state index contributed by atoms with van der Waals surface area (Å²) in [4.78, 5) is 32.9.